The molecule has 0 aliphatic heterocycles. The van der Waals surface area contributed by atoms with E-state index in [0.29, 0.717) is 12.2 Å². The van der Waals surface area contributed by atoms with Crippen molar-refractivity contribution in [1.82, 2.24) is 10.3 Å². The Morgan fingerprint density at radius 1 is 1.17 bits per heavy atom. The maximum absolute atomic E-state index is 13.6. The van der Waals surface area contributed by atoms with Gasteiger partial charge in [0, 0.05) is 36.2 Å². The zero-order chi connectivity index (χ0) is 24.9. The van der Waals surface area contributed by atoms with E-state index in [-0.39, 0.29) is 16.9 Å². The van der Waals surface area contributed by atoms with Gasteiger partial charge < -0.3 is 19.8 Å². The van der Waals surface area contributed by atoms with E-state index in [1.54, 1.807) is 7.11 Å². The standard InChI is InChI=1S/C27H30N2O5S/c1-16(30)35-15-23(21-11-9-17-8-10-19(33-2)13-22(17)21)26(31)29-25(27(32)34-3)12-18-14-28-24-7-5-4-6-20(18)24/h4-8,10,13-14,21,23,25,28H,9,11-12,15H2,1-3H3,(H,29,31). The van der Waals surface area contributed by atoms with Crippen molar-refractivity contribution in [3.05, 3.63) is 65.4 Å². The maximum Gasteiger partial charge on any atom is 0.328 e. The highest BCUT2D eigenvalue weighted by atomic mass is 32.2. The summed E-state index contributed by atoms with van der Waals surface area (Å²) in [5.74, 6) is -0.236. The number of H-pyrrole nitrogens is 1. The van der Waals surface area contributed by atoms with E-state index in [9.17, 15) is 14.4 Å². The van der Waals surface area contributed by atoms with E-state index in [1.165, 1.54) is 19.6 Å². The largest absolute Gasteiger partial charge is 0.497 e. The van der Waals surface area contributed by atoms with E-state index < -0.39 is 17.9 Å². The molecule has 3 unspecified atom stereocenters. The molecule has 1 aromatic heterocycles. The van der Waals surface area contributed by atoms with Crippen molar-refractivity contribution in [1.29, 1.82) is 0 Å². The SMILES string of the molecule is COC(=O)C(Cc1c[nH]c2ccccc12)NC(=O)C(CSC(C)=O)C1CCc2ccc(OC)cc21. The highest BCUT2D eigenvalue weighted by molar-refractivity contribution is 8.13. The first-order valence-electron chi connectivity index (χ1n) is 11.6. The fourth-order valence-electron chi connectivity index (χ4n) is 4.87. The minimum atomic E-state index is -0.845. The number of nitrogens with one attached hydrogen (secondary N) is 2. The third kappa shape index (κ3) is 5.53. The van der Waals surface area contributed by atoms with Crippen molar-refractivity contribution in [3.63, 3.8) is 0 Å². The summed E-state index contributed by atoms with van der Waals surface area (Å²) in [7, 11) is 2.94. The van der Waals surface area contributed by atoms with Gasteiger partial charge in [-0.25, -0.2) is 4.79 Å². The van der Waals surface area contributed by atoms with Crippen molar-refractivity contribution in [2.24, 2.45) is 5.92 Å². The Bertz CT molecular complexity index is 1240. The van der Waals surface area contributed by atoms with E-state index in [0.717, 1.165) is 52.4 Å². The monoisotopic (exact) mass is 494 g/mol. The van der Waals surface area contributed by atoms with Gasteiger partial charge in [0.25, 0.3) is 0 Å². The first-order chi connectivity index (χ1) is 16.9. The van der Waals surface area contributed by atoms with Crippen LogP contribution in [0.15, 0.2) is 48.7 Å². The van der Waals surface area contributed by atoms with Crippen LogP contribution in [0, 0.1) is 5.92 Å². The Balaban J connectivity index is 1.59. The summed E-state index contributed by atoms with van der Waals surface area (Å²) in [6.07, 6.45) is 3.80. The molecule has 0 fully saturated rings. The van der Waals surface area contributed by atoms with Gasteiger partial charge >= 0.3 is 5.97 Å². The summed E-state index contributed by atoms with van der Waals surface area (Å²) >= 11 is 1.14. The normalized spacial score (nSPS) is 16.4. The Morgan fingerprint density at radius 2 is 1.97 bits per heavy atom. The van der Waals surface area contributed by atoms with Crippen LogP contribution in [0.4, 0.5) is 0 Å². The number of thioether (sulfide) groups is 1. The molecular weight excluding hydrogens is 464 g/mol. The van der Waals surface area contributed by atoms with Gasteiger partial charge in [0.1, 0.15) is 11.8 Å². The molecule has 1 aliphatic carbocycles. The first kappa shape index (κ1) is 24.9. The van der Waals surface area contributed by atoms with Crippen LogP contribution in [0.3, 0.4) is 0 Å². The van der Waals surface area contributed by atoms with Crippen molar-refractivity contribution in [3.8, 4) is 5.75 Å². The summed E-state index contributed by atoms with van der Waals surface area (Å²) in [6, 6.07) is 12.9. The quantitative estimate of drug-likeness (QED) is 0.437. The summed E-state index contributed by atoms with van der Waals surface area (Å²) in [6.45, 7) is 1.50. The van der Waals surface area contributed by atoms with E-state index in [1.807, 2.05) is 48.7 Å². The zero-order valence-electron chi connectivity index (χ0n) is 20.1. The van der Waals surface area contributed by atoms with Gasteiger partial charge in [0.05, 0.1) is 20.1 Å². The van der Waals surface area contributed by atoms with Gasteiger partial charge in [-0.05, 0) is 53.6 Å². The highest BCUT2D eigenvalue weighted by Crippen LogP contribution is 2.41. The van der Waals surface area contributed by atoms with Gasteiger partial charge in [-0.15, -0.1) is 0 Å². The Kier molecular flexibility index (Phi) is 7.80. The smallest absolute Gasteiger partial charge is 0.328 e. The van der Waals surface area contributed by atoms with Crippen molar-refractivity contribution in [2.75, 3.05) is 20.0 Å². The lowest BCUT2D eigenvalue weighted by Gasteiger charge is -2.26. The molecule has 0 saturated carbocycles. The van der Waals surface area contributed by atoms with Crippen LogP contribution in [-0.2, 0) is 32.0 Å². The molecule has 2 aromatic carbocycles. The second kappa shape index (κ2) is 11.0. The number of carbonyl (C=O) groups is 3. The third-order valence-corrected chi connectivity index (χ3v) is 7.60. The van der Waals surface area contributed by atoms with Crippen LogP contribution in [-0.4, -0.2) is 48.0 Å². The molecule has 8 heteroatoms. The number of hydrogen-bond acceptors (Lipinski definition) is 6. The van der Waals surface area contributed by atoms with Gasteiger partial charge in [-0.3, -0.25) is 9.59 Å². The number of amides is 1. The number of benzene rings is 2. The van der Waals surface area contributed by atoms with Crippen molar-refractivity contribution in [2.45, 2.75) is 38.1 Å². The number of aromatic amines is 1. The number of ether oxygens (including phenoxy) is 2. The second-order valence-electron chi connectivity index (χ2n) is 8.77. The first-order valence-corrected chi connectivity index (χ1v) is 12.6. The molecule has 2 N–H and O–H groups in total. The summed E-state index contributed by atoms with van der Waals surface area (Å²) in [5.41, 5.74) is 4.14. The summed E-state index contributed by atoms with van der Waals surface area (Å²) in [5, 5.41) is 3.90. The predicted molar refractivity (Wildman–Crippen MR) is 137 cm³/mol. The van der Waals surface area contributed by atoms with E-state index in [2.05, 4.69) is 10.3 Å². The molecule has 1 amide bonds. The lowest BCUT2D eigenvalue weighted by Crippen LogP contribution is -2.47. The van der Waals surface area contributed by atoms with Crippen LogP contribution in [0.2, 0.25) is 0 Å². The molecule has 3 aromatic rings. The van der Waals surface area contributed by atoms with Crippen LogP contribution < -0.4 is 10.1 Å². The lowest BCUT2D eigenvalue weighted by atomic mass is 9.87. The lowest BCUT2D eigenvalue weighted by molar-refractivity contribution is -0.145. The molecule has 35 heavy (non-hydrogen) atoms. The van der Waals surface area contributed by atoms with Gasteiger partial charge in [0.15, 0.2) is 5.12 Å². The number of carbonyl (C=O) groups excluding carboxylic acids is 3. The predicted octanol–water partition coefficient (Wildman–Crippen LogP) is 4.00. The van der Waals surface area contributed by atoms with E-state index in [4.69, 9.17) is 9.47 Å². The zero-order valence-corrected chi connectivity index (χ0v) is 20.9. The highest BCUT2D eigenvalue weighted by Gasteiger charge is 2.36. The number of para-hydroxylation sites is 1. The number of aromatic nitrogens is 1. The molecule has 1 aliphatic rings. The molecule has 7 nitrogen and oxygen atoms in total. The third-order valence-electron chi connectivity index (χ3n) is 6.67. The fourth-order valence-corrected chi connectivity index (χ4v) is 5.67. The summed E-state index contributed by atoms with van der Waals surface area (Å²) in [4.78, 5) is 41.3. The molecule has 4 rings (SSSR count). The molecule has 0 bridgehead atoms. The van der Waals surface area contributed by atoms with Gasteiger partial charge in [-0.2, -0.15) is 0 Å². The molecule has 184 valence electrons. The average Bonchev–Trinajstić information content (AvgIpc) is 3.47. The molecule has 0 radical (unpaired) electrons. The van der Waals surface area contributed by atoms with Crippen molar-refractivity contribution >= 4 is 39.7 Å². The fraction of sp³-hybridized carbons (Fsp3) is 0.370. The number of hydrogen-bond donors (Lipinski definition) is 2. The minimum Gasteiger partial charge on any atom is -0.497 e. The van der Waals surface area contributed by atoms with Crippen LogP contribution in [0.25, 0.3) is 10.9 Å². The van der Waals surface area contributed by atoms with Crippen molar-refractivity contribution < 1.29 is 23.9 Å². The van der Waals surface area contributed by atoms with E-state index >= 15 is 0 Å². The molecule has 1 heterocycles. The number of aryl methyl sites for hydroxylation is 1. The number of fused-ring (bicyclic) bond motifs is 2. The molecular formula is C27H30N2O5S. The second-order valence-corrected chi connectivity index (χ2v) is 9.96. The maximum atomic E-state index is 13.6. The van der Waals surface area contributed by atoms with Crippen LogP contribution >= 0.6 is 11.8 Å². The number of methoxy groups -OCH3 is 2. The molecule has 0 spiro atoms. The number of esters is 1. The average molecular weight is 495 g/mol. The van der Waals surface area contributed by atoms with Crippen LogP contribution in [0.5, 0.6) is 5.75 Å². The molecule has 0 saturated heterocycles. The topological polar surface area (TPSA) is 97.5 Å². The van der Waals surface area contributed by atoms with Crippen LogP contribution in [0.1, 0.15) is 36.0 Å². The Hall–Kier alpha value is -3.26. The Morgan fingerprint density at radius 3 is 2.71 bits per heavy atom. The van der Waals surface area contributed by atoms with Gasteiger partial charge in [0.2, 0.25) is 5.91 Å². The Labute approximate surface area is 209 Å². The molecule has 3 atom stereocenters. The van der Waals surface area contributed by atoms with Gasteiger partial charge in [-0.1, -0.05) is 36.0 Å². The summed E-state index contributed by atoms with van der Waals surface area (Å²) < 4.78 is 10.4. The minimum absolute atomic E-state index is 0.0463. The number of rotatable bonds is 9.